The van der Waals surface area contributed by atoms with E-state index in [4.69, 9.17) is 10.7 Å². The first-order valence-electron chi connectivity index (χ1n) is 4.28. The van der Waals surface area contributed by atoms with Crippen LogP contribution in [0.4, 0.5) is 18.9 Å². The number of nitrogens with zero attached hydrogens (tertiary/aromatic N) is 2. The fourth-order valence-electron chi connectivity index (χ4n) is 1.13. The minimum Gasteiger partial charge on any atom is -0.381 e. The number of pyridine rings is 1. The van der Waals surface area contributed by atoms with Gasteiger partial charge in [0, 0.05) is 16.7 Å². The average molecular weight is 321 g/mol. The summed E-state index contributed by atoms with van der Waals surface area (Å²) in [4.78, 5) is 12.3. The smallest absolute Gasteiger partial charge is 0.381 e. The molecule has 12 heteroatoms. The highest BCUT2D eigenvalue weighted by Crippen LogP contribution is 2.33. The number of halogens is 4. The van der Waals surface area contributed by atoms with Crippen molar-refractivity contribution in [3.63, 3.8) is 0 Å². The molecule has 1 heterocycles. The Morgan fingerprint density at radius 1 is 1.47 bits per heavy atom. The van der Waals surface area contributed by atoms with Crippen LogP contribution in [0.3, 0.4) is 0 Å². The molecule has 0 aromatic carbocycles. The Morgan fingerprint density at radius 2 is 2.00 bits per heavy atom. The highest BCUT2D eigenvalue weighted by molar-refractivity contribution is 8.13. The number of ether oxygens (including phenoxy) is 1. The monoisotopic (exact) mass is 320 g/mol. The molecule has 0 spiro atoms. The van der Waals surface area contributed by atoms with Crippen LogP contribution in [-0.2, 0) is 9.05 Å². The third kappa shape index (κ3) is 3.92. The summed E-state index contributed by atoms with van der Waals surface area (Å²) in [5, 5.41) is 9.61. The molecule has 0 radical (unpaired) electrons. The Bertz CT molecular complexity index is 630. The maximum Gasteiger partial charge on any atom is 0.574 e. The van der Waals surface area contributed by atoms with Crippen molar-refractivity contribution < 1.29 is 31.2 Å². The zero-order valence-electron chi connectivity index (χ0n) is 8.93. The van der Waals surface area contributed by atoms with Gasteiger partial charge in [0.1, 0.15) is 0 Å². The van der Waals surface area contributed by atoms with Crippen LogP contribution in [0.2, 0.25) is 0 Å². The van der Waals surface area contributed by atoms with E-state index >= 15 is 0 Å². The van der Waals surface area contributed by atoms with E-state index in [9.17, 15) is 31.7 Å². The van der Waals surface area contributed by atoms with E-state index in [1.807, 2.05) is 0 Å². The van der Waals surface area contributed by atoms with Crippen molar-refractivity contribution in [3.8, 4) is 5.88 Å². The molecule has 0 N–H and O–H groups in total. The SMILES string of the molecule is Cc1cc([N+](=O)[O-])c(OC(F)(F)F)nc1S(=O)(=O)Cl. The lowest BCUT2D eigenvalue weighted by molar-refractivity contribution is -0.389. The summed E-state index contributed by atoms with van der Waals surface area (Å²) in [5.74, 6) is -1.50. The molecule has 1 aromatic heterocycles. The number of aryl methyl sites for hydroxylation is 1. The van der Waals surface area contributed by atoms with Crippen LogP contribution < -0.4 is 4.74 Å². The second kappa shape index (κ2) is 4.81. The number of rotatable bonds is 3. The molecular weight excluding hydrogens is 317 g/mol. The topological polar surface area (TPSA) is 99.4 Å². The van der Waals surface area contributed by atoms with Gasteiger partial charge in [-0.25, -0.2) is 8.42 Å². The van der Waals surface area contributed by atoms with Gasteiger partial charge in [-0.1, -0.05) is 0 Å². The van der Waals surface area contributed by atoms with Gasteiger partial charge >= 0.3 is 17.9 Å². The van der Waals surface area contributed by atoms with Gasteiger partial charge in [0.2, 0.25) is 0 Å². The van der Waals surface area contributed by atoms with Crippen molar-refractivity contribution in [1.29, 1.82) is 0 Å². The van der Waals surface area contributed by atoms with Crippen LogP contribution in [-0.4, -0.2) is 24.7 Å². The fraction of sp³-hybridized carbons (Fsp3) is 0.286. The highest BCUT2D eigenvalue weighted by atomic mass is 35.7. The van der Waals surface area contributed by atoms with Crippen molar-refractivity contribution in [3.05, 3.63) is 21.7 Å². The average Bonchev–Trinajstić information content (AvgIpc) is 2.15. The second-order valence-electron chi connectivity index (χ2n) is 3.18. The first kappa shape index (κ1) is 15.4. The van der Waals surface area contributed by atoms with Gasteiger partial charge in [-0.05, 0) is 12.5 Å². The molecule has 0 saturated heterocycles. The Kier molecular flexibility index (Phi) is 3.91. The van der Waals surface area contributed by atoms with E-state index in [1.165, 1.54) is 0 Å². The second-order valence-corrected chi connectivity index (χ2v) is 5.66. The fourth-order valence-corrected chi connectivity index (χ4v) is 2.23. The molecular formula is C7H4ClF3N2O5S. The van der Waals surface area contributed by atoms with Gasteiger partial charge in [0.05, 0.1) is 4.92 Å². The Balaban J connectivity index is 3.53. The molecule has 0 unspecified atom stereocenters. The summed E-state index contributed by atoms with van der Waals surface area (Å²) in [6.07, 6.45) is -5.26. The van der Waals surface area contributed by atoms with Gasteiger partial charge in [0.25, 0.3) is 9.05 Å². The van der Waals surface area contributed by atoms with E-state index in [0.717, 1.165) is 6.92 Å². The summed E-state index contributed by atoms with van der Waals surface area (Å²) < 4.78 is 61.5. The number of alkyl halides is 3. The number of nitro groups is 1. The van der Waals surface area contributed by atoms with E-state index in [2.05, 4.69) is 9.72 Å². The zero-order valence-corrected chi connectivity index (χ0v) is 10.5. The lowest BCUT2D eigenvalue weighted by Gasteiger charge is -2.10. The molecule has 0 aliphatic carbocycles. The van der Waals surface area contributed by atoms with Gasteiger partial charge in [-0.3, -0.25) is 10.1 Å². The molecule has 0 fully saturated rings. The van der Waals surface area contributed by atoms with Crippen molar-refractivity contribution in [2.24, 2.45) is 0 Å². The van der Waals surface area contributed by atoms with Crippen molar-refractivity contribution in [1.82, 2.24) is 4.98 Å². The Hall–Kier alpha value is -1.62. The molecule has 1 aromatic rings. The third-order valence-electron chi connectivity index (χ3n) is 1.75. The Labute approximate surface area is 108 Å². The van der Waals surface area contributed by atoms with Gasteiger partial charge in [-0.15, -0.1) is 13.2 Å². The lowest BCUT2D eigenvalue weighted by atomic mass is 10.3. The van der Waals surface area contributed by atoms with Crippen LogP contribution in [0.5, 0.6) is 5.88 Å². The summed E-state index contributed by atoms with van der Waals surface area (Å²) in [5.41, 5.74) is -1.41. The molecule has 0 amide bonds. The maximum absolute atomic E-state index is 12.0. The predicted octanol–water partition coefficient (Wildman–Crippen LogP) is 2.12. The molecule has 0 saturated carbocycles. The van der Waals surface area contributed by atoms with Crippen molar-refractivity contribution in [2.75, 3.05) is 0 Å². The minimum atomic E-state index is -5.26. The van der Waals surface area contributed by atoms with Crippen LogP contribution in [0.25, 0.3) is 0 Å². The van der Waals surface area contributed by atoms with Crippen LogP contribution in [0.15, 0.2) is 11.1 Å². The van der Waals surface area contributed by atoms with Crippen molar-refractivity contribution in [2.45, 2.75) is 18.3 Å². The van der Waals surface area contributed by atoms with Gasteiger partial charge in [0.15, 0.2) is 5.03 Å². The number of aromatic nitrogens is 1. The largest absolute Gasteiger partial charge is 0.574 e. The lowest BCUT2D eigenvalue weighted by Crippen LogP contribution is -2.19. The van der Waals surface area contributed by atoms with E-state index in [1.54, 1.807) is 0 Å². The van der Waals surface area contributed by atoms with E-state index < -0.39 is 36.9 Å². The summed E-state index contributed by atoms with van der Waals surface area (Å²) in [6.45, 7) is 1.09. The van der Waals surface area contributed by atoms with Crippen LogP contribution >= 0.6 is 10.7 Å². The van der Waals surface area contributed by atoms with E-state index in [-0.39, 0.29) is 5.56 Å². The van der Waals surface area contributed by atoms with Gasteiger partial charge in [-0.2, -0.15) is 4.98 Å². The predicted molar refractivity (Wildman–Crippen MR) is 55.4 cm³/mol. The molecule has 0 bridgehead atoms. The summed E-state index contributed by atoms with van der Waals surface area (Å²) in [6, 6.07) is 0.573. The Morgan fingerprint density at radius 3 is 2.37 bits per heavy atom. The standard InChI is InChI=1S/C7H4ClF3N2O5S/c1-3-2-4(13(14)15)5(18-7(9,10)11)12-6(3)19(8,16)17/h2H,1H3. The quantitative estimate of drug-likeness (QED) is 0.480. The molecule has 0 aliphatic rings. The highest BCUT2D eigenvalue weighted by Gasteiger charge is 2.37. The zero-order chi connectivity index (χ0) is 15.0. The first-order chi connectivity index (χ1) is 8.42. The number of hydrogen-bond donors (Lipinski definition) is 0. The summed E-state index contributed by atoms with van der Waals surface area (Å²) >= 11 is 0. The molecule has 1 rings (SSSR count). The third-order valence-corrected chi connectivity index (χ3v) is 3.07. The number of hydrogen-bond acceptors (Lipinski definition) is 6. The molecule has 0 atom stereocenters. The summed E-state index contributed by atoms with van der Waals surface area (Å²) in [7, 11) is 0.479. The normalized spacial score (nSPS) is 12.3. The molecule has 7 nitrogen and oxygen atoms in total. The molecule has 19 heavy (non-hydrogen) atoms. The van der Waals surface area contributed by atoms with Crippen molar-refractivity contribution >= 4 is 25.4 Å². The van der Waals surface area contributed by atoms with E-state index in [0.29, 0.717) is 6.07 Å². The van der Waals surface area contributed by atoms with Crippen LogP contribution in [0.1, 0.15) is 5.56 Å². The van der Waals surface area contributed by atoms with Crippen LogP contribution in [0, 0.1) is 17.0 Å². The first-order valence-corrected chi connectivity index (χ1v) is 6.59. The van der Waals surface area contributed by atoms with Gasteiger partial charge < -0.3 is 4.74 Å². The molecule has 106 valence electrons. The minimum absolute atomic E-state index is 0.281. The molecule has 0 aliphatic heterocycles. The maximum atomic E-state index is 12.0.